The van der Waals surface area contributed by atoms with Gasteiger partial charge in [0.15, 0.2) is 0 Å². The summed E-state index contributed by atoms with van der Waals surface area (Å²) in [5.74, 6) is 1.55. The first-order valence-corrected chi connectivity index (χ1v) is 6.17. The molecule has 15 heavy (non-hydrogen) atoms. The lowest BCUT2D eigenvalue weighted by Crippen LogP contribution is -2.35. The van der Waals surface area contributed by atoms with Crippen LogP contribution in [0.2, 0.25) is 0 Å². The standard InChI is InChI=1S/C13H24O2/c1-5-15-12(14)13(4)8-6-11(7-9-13)10(2)3/h10-11H,5-9H2,1-4H3/t11-,13+. The highest BCUT2D eigenvalue weighted by Gasteiger charge is 2.39. The van der Waals surface area contributed by atoms with Gasteiger partial charge in [0, 0.05) is 0 Å². The van der Waals surface area contributed by atoms with Gasteiger partial charge in [-0.25, -0.2) is 0 Å². The van der Waals surface area contributed by atoms with Gasteiger partial charge in [-0.1, -0.05) is 13.8 Å². The van der Waals surface area contributed by atoms with Crippen molar-refractivity contribution >= 4 is 5.97 Å². The number of carbonyl (C=O) groups excluding carboxylic acids is 1. The van der Waals surface area contributed by atoms with Crippen molar-refractivity contribution in [2.75, 3.05) is 6.61 Å². The van der Waals surface area contributed by atoms with E-state index < -0.39 is 0 Å². The van der Waals surface area contributed by atoms with Crippen molar-refractivity contribution in [3.63, 3.8) is 0 Å². The van der Waals surface area contributed by atoms with Crippen molar-refractivity contribution in [3.05, 3.63) is 0 Å². The zero-order valence-corrected chi connectivity index (χ0v) is 10.5. The van der Waals surface area contributed by atoms with Gasteiger partial charge in [-0.2, -0.15) is 0 Å². The van der Waals surface area contributed by atoms with E-state index in [1.54, 1.807) is 0 Å². The van der Waals surface area contributed by atoms with Gasteiger partial charge in [-0.05, 0) is 51.4 Å². The Morgan fingerprint density at radius 1 is 1.40 bits per heavy atom. The molecular formula is C13H24O2. The minimum Gasteiger partial charge on any atom is -0.466 e. The maximum absolute atomic E-state index is 11.8. The lowest BCUT2D eigenvalue weighted by Gasteiger charge is -2.36. The van der Waals surface area contributed by atoms with Crippen LogP contribution in [0.4, 0.5) is 0 Å². The second kappa shape index (κ2) is 5.00. The fourth-order valence-corrected chi connectivity index (χ4v) is 2.45. The third-order valence-electron chi connectivity index (χ3n) is 3.84. The molecule has 1 rings (SSSR count). The Hall–Kier alpha value is -0.530. The van der Waals surface area contributed by atoms with E-state index in [4.69, 9.17) is 4.74 Å². The summed E-state index contributed by atoms with van der Waals surface area (Å²) < 4.78 is 5.14. The first-order chi connectivity index (χ1) is 6.99. The van der Waals surface area contributed by atoms with E-state index in [0.29, 0.717) is 6.61 Å². The van der Waals surface area contributed by atoms with Crippen LogP contribution in [-0.4, -0.2) is 12.6 Å². The largest absolute Gasteiger partial charge is 0.466 e. The number of carbonyl (C=O) groups is 1. The van der Waals surface area contributed by atoms with E-state index in [9.17, 15) is 4.79 Å². The monoisotopic (exact) mass is 212 g/mol. The van der Waals surface area contributed by atoms with Crippen LogP contribution in [0.25, 0.3) is 0 Å². The highest BCUT2D eigenvalue weighted by Crippen LogP contribution is 2.41. The van der Waals surface area contributed by atoms with Crippen molar-refractivity contribution in [1.29, 1.82) is 0 Å². The lowest BCUT2D eigenvalue weighted by molar-refractivity contribution is -0.157. The van der Waals surface area contributed by atoms with Crippen molar-refractivity contribution in [1.82, 2.24) is 0 Å². The van der Waals surface area contributed by atoms with Crippen molar-refractivity contribution in [3.8, 4) is 0 Å². The predicted molar refractivity (Wildman–Crippen MR) is 61.5 cm³/mol. The van der Waals surface area contributed by atoms with E-state index in [0.717, 1.165) is 24.7 Å². The van der Waals surface area contributed by atoms with Gasteiger partial charge in [0.1, 0.15) is 0 Å². The van der Waals surface area contributed by atoms with Crippen LogP contribution in [0.1, 0.15) is 53.4 Å². The fourth-order valence-electron chi connectivity index (χ4n) is 2.45. The molecular weight excluding hydrogens is 188 g/mol. The molecule has 1 saturated carbocycles. The second-order valence-corrected chi connectivity index (χ2v) is 5.36. The molecule has 1 fully saturated rings. The van der Waals surface area contributed by atoms with Crippen molar-refractivity contribution < 1.29 is 9.53 Å². The number of ether oxygens (including phenoxy) is 1. The topological polar surface area (TPSA) is 26.3 Å². The molecule has 0 saturated heterocycles. The molecule has 2 heteroatoms. The van der Waals surface area contributed by atoms with Crippen LogP contribution in [0.5, 0.6) is 0 Å². The van der Waals surface area contributed by atoms with Crippen LogP contribution in [0, 0.1) is 17.3 Å². The Balaban J connectivity index is 2.50. The summed E-state index contributed by atoms with van der Waals surface area (Å²) in [4.78, 5) is 11.8. The van der Waals surface area contributed by atoms with Crippen LogP contribution >= 0.6 is 0 Å². The van der Waals surface area contributed by atoms with Gasteiger partial charge in [-0.3, -0.25) is 4.79 Å². The Morgan fingerprint density at radius 2 is 1.93 bits per heavy atom. The molecule has 0 unspecified atom stereocenters. The van der Waals surface area contributed by atoms with E-state index in [1.807, 2.05) is 6.92 Å². The summed E-state index contributed by atoms with van der Waals surface area (Å²) in [6, 6.07) is 0. The number of esters is 1. The average Bonchev–Trinajstić information content (AvgIpc) is 2.18. The smallest absolute Gasteiger partial charge is 0.311 e. The Kier molecular flexibility index (Phi) is 4.18. The normalized spacial score (nSPS) is 31.7. The first-order valence-electron chi connectivity index (χ1n) is 6.17. The number of rotatable bonds is 3. The summed E-state index contributed by atoms with van der Waals surface area (Å²) in [5.41, 5.74) is -0.207. The average molecular weight is 212 g/mol. The van der Waals surface area contributed by atoms with Gasteiger partial charge in [-0.15, -0.1) is 0 Å². The van der Waals surface area contributed by atoms with E-state index in [1.165, 1.54) is 12.8 Å². The van der Waals surface area contributed by atoms with Crippen LogP contribution in [0.15, 0.2) is 0 Å². The SMILES string of the molecule is CCOC(=O)[C@]1(C)CC[C@H](C(C)C)CC1. The molecule has 0 amide bonds. The molecule has 0 aromatic carbocycles. The summed E-state index contributed by atoms with van der Waals surface area (Å²) in [6.45, 7) is 8.99. The molecule has 2 nitrogen and oxygen atoms in total. The fraction of sp³-hybridized carbons (Fsp3) is 0.923. The van der Waals surface area contributed by atoms with Gasteiger partial charge in [0.25, 0.3) is 0 Å². The van der Waals surface area contributed by atoms with Crippen LogP contribution in [0.3, 0.4) is 0 Å². The molecule has 0 N–H and O–H groups in total. The minimum atomic E-state index is -0.207. The third-order valence-corrected chi connectivity index (χ3v) is 3.84. The minimum absolute atomic E-state index is 0.00667. The molecule has 0 radical (unpaired) electrons. The highest BCUT2D eigenvalue weighted by molar-refractivity contribution is 5.76. The summed E-state index contributed by atoms with van der Waals surface area (Å²) >= 11 is 0. The molecule has 0 bridgehead atoms. The Bertz CT molecular complexity index is 213. The Labute approximate surface area is 93.4 Å². The van der Waals surface area contributed by atoms with Gasteiger partial charge in [0.05, 0.1) is 12.0 Å². The summed E-state index contributed by atoms with van der Waals surface area (Å²) in [7, 11) is 0. The van der Waals surface area contributed by atoms with E-state index >= 15 is 0 Å². The van der Waals surface area contributed by atoms with E-state index in [2.05, 4.69) is 20.8 Å². The van der Waals surface area contributed by atoms with Crippen LogP contribution < -0.4 is 0 Å². The molecule has 0 atom stereocenters. The maximum Gasteiger partial charge on any atom is 0.311 e. The molecule has 0 aromatic heterocycles. The Morgan fingerprint density at radius 3 is 2.33 bits per heavy atom. The molecule has 0 spiro atoms. The third kappa shape index (κ3) is 2.96. The zero-order valence-electron chi connectivity index (χ0n) is 10.5. The number of hydrogen-bond donors (Lipinski definition) is 0. The molecule has 0 aliphatic heterocycles. The first kappa shape index (κ1) is 12.5. The quantitative estimate of drug-likeness (QED) is 0.670. The van der Waals surface area contributed by atoms with E-state index in [-0.39, 0.29) is 11.4 Å². The summed E-state index contributed by atoms with van der Waals surface area (Å²) in [6.07, 6.45) is 4.34. The second-order valence-electron chi connectivity index (χ2n) is 5.36. The van der Waals surface area contributed by atoms with Crippen LogP contribution in [-0.2, 0) is 9.53 Å². The van der Waals surface area contributed by atoms with Gasteiger partial charge < -0.3 is 4.74 Å². The summed E-state index contributed by atoms with van der Waals surface area (Å²) in [5, 5.41) is 0. The predicted octanol–water partition coefficient (Wildman–Crippen LogP) is 3.40. The molecule has 1 aliphatic rings. The van der Waals surface area contributed by atoms with Crippen molar-refractivity contribution in [2.24, 2.45) is 17.3 Å². The van der Waals surface area contributed by atoms with Crippen molar-refractivity contribution in [2.45, 2.75) is 53.4 Å². The molecule has 0 aromatic rings. The van der Waals surface area contributed by atoms with Gasteiger partial charge >= 0.3 is 5.97 Å². The number of hydrogen-bond acceptors (Lipinski definition) is 2. The molecule has 1 aliphatic carbocycles. The highest BCUT2D eigenvalue weighted by atomic mass is 16.5. The molecule has 88 valence electrons. The maximum atomic E-state index is 11.8. The molecule has 0 heterocycles. The zero-order chi connectivity index (χ0) is 11.5. The van der Waals surface area contributed by atoms with Gasteiger partial charge in [0.2, 0.25) is 0 Å². The lowest BCUT2D eigenvalue weighted by atomic mass is 9.69.